The van der Waals surface area contributed by atoms with E-state index >= 15 is 0 Å². The van der Waals surface area contributed by atoms with Gasteiger partial charge in [-0.05, 0) is 30.5 Å². The quantitative estimate of drug-likeness (QED) is 0.795. The van der Waals surface area contributed by atoms with Gasteiger partial charge in [0, 0.05) is 11.7 Å². The van der Waals surface area contributed by atoms with Crippen LogP contribution in [0.2, 0.25) is 0 Å². The van der Waals surface area contributed by atoms with Crippen LogP contribution in [0.4, 0.5) is 23.7 Å². The number of amides is 2. The van der Waals surface area contributed by atoms with Crippen molar-refractivity contribution in [1.29, 1.82) is 0 Å². The fourth-order valence-corrected chi connectivity index (χ4v) is 2.54. The fraction of sp³-hybridized carbons (Fsp3) is 0.533. The Morgan fingerprint density at radius 1 is 1.14 bits per heavy atom. The molecule has 22 heavy (non-hydrogen) atoms. The number of benzene rings is 1. The maximum atomic E-state index is 12.4. The van der Waals surface area contributed by atoms with E-state index in [1.807, 2.05) is 0 Å². The highest BCUT2D eigenvalue weighted by molar-refractivity contribution is 5.89. The van der Waals surface area contributed by atoms with Crippen molar-refractivity contribution in [2.24, 2.45) is 0 Å². The molecule has 1 aliphatic rings. The summed E-state index contributed by atoms with van der Waals surface area (Å²) in [4.78, 5) is 11.8. The molecule has 3 N–H and O–H groups in total. The van der Waals surface area contributed by atoms with Crippen LogP contribution in [0.5, 0.6) is 0 Å². The van der Waals surface area contributed by atoms with Crippen molar-refractivity contribution >= 4 is 11.7 Å². The Kier molecular flexibility index (Phi) is 5.28. The molecule has 0 bridgehead atoms. The van der Waals surface area contributed by atoms with Crippen molar-refractivity contribution in [3.8, 4) is 0 Å². The highest BCUT2D eigenvalue weighted by Gasteiger charge is 2.39. The first kappa shape index (κ1) is 16.6. The SMILES string of the molecule is O=C(Nc1ccc(C(O)C(F)(F)F)cc1)NC1CCCCC1. The summed E-state index contributed by atoms with van der Waals surface area (Å²) in [6, 6.07) is 4.76. The van der Waals surface area contributed by atoms with E-state index in [1.54, 1.807) is 0 Å². The Hall–Kier alpha value is -1.76. The Labute approximate surface area is 126 Å². The van der Waals surface area contributed by atoms with E-state index in [4.69, 9.17) is 5.11 Å². The molecule has 4 nitrogen and oxygen atoms in total. The molecule has 1 saturated carbocycles. The highest BCUT2D eigenvalue weighted by Crippen LogP contribution is 2.32. The summed E-state index contributed by atoms with van der Waals surface area (Å²) < 4.78 is 37.1. The number of hydrogen-bond donors (Lipinski definition) is 3. The maximum Gasteiger partial charge on any atom is 0.418 e. The molecule has 122 valence electrons. The van der Waals surface area contributed by atoms with E-state index in [2.05, 4.69) is 10.6 Å². The normalized spacial score (nSPS) is 17.8. The molecule has 1 atom stereocenters. The van der Waals surface area contributed by atoms with Crippen molar-refractivity contribution in [3.63, 3.8) is 0 Å². The van der Waals surface area contributed by atoms with Crippen LogP contribution in [-0.2, 0) is 0 Å². The summed E-state index contributed by atoms with van der Waals surface area (Å²) in [5, 5.41) is 14.6. The van der Waals surface area contributed by atoms with Gasteiger partial charge in [-0.2, -0.15) is 13.2 Å². The molecule has 0 aliphatic heterocycles. The molecule has 2 rings (SSSR count). The molecule has 0 saturated heterocycles. The number of aliphatic hydroxyl groups is 1. The average molecular weight is 316 g/mol. The largest absolute Gasteiger partial charge is 0.418 e. The van der Waals surface area contributed by atoms with Gasteiger partial charge in [0.25, 0.3) is 0 Å². The Bertz CT molecular complexity index is 497. The number of carbonyl (C=O) groups excluding carboxylic acids is 1. The molecule has 0 radical (unpaired) electrons. The van der Waals surface area contributed by atoms with Crippen LogP contribution >= 0.6 is 0 Å². The van der Waals surface area contributed by atoms with E-state index in [-0.39, 0.29) is 17.6 Å². The summed E-state index contributed by atoms with van der Waals surface area (Å²) in [5.74, 6) is 0. The third kappa shape index (κ3) is 4.62. The van der Waals surface area contributed by atoms with E-state index in [9.17, 15) is 18.0 Å². The highest BCUT2D eigenvalue weighted by atomic mass is 19.4. The minimum atomic E-state index is -4.70. The van der Waals surface area contributed by atoms with Gasteiger partial charge in [0.05, 0.1) is 0 Å². The van der Waals surface area contributed by atoms with Crippen molar-refractivity contribution in [1.82, 2.24) is 5.32 Å². The zero-order valence-electron chi connectivity index (χ0n) is 12.0. The maximum absolute atomic E-state index is 12.4. The Balaban J connectivity index is 1.89. The molecule has 0 heterocycles. The predicted octanol–water partition coefficient (Wildman–Crippen LogP) is 3.74. The number of carbonyl (C=O) groups is 1. The van der Waals surface area contributed by atoms with Crippen LogP contribution in [0.3, 0.4) is 0 Å². The molecule has 1 aromatic rings. The van der Waals surface area contributed by atoms with Crippen LogP contribution in [0.1, 0.15) is 43.8 Å². The lowest BCUT2D eigenvalue weighted by atomic mass is 9.96. The lowest BCUT2D eigenvalue weighted by Crippen LogP contribution is -2.39. The van der Waals surface area contributed by atoms with Crippen LogP contribution in [0.15, 0.2) is 24.3 Å². The van der Waals surface area contributed by atoms with Crippen molar-refractivity contribution in [2.75, 3.05) is 5.32 Å². The van der Waals surface area contributed by atoms with Gasteiger partial charge < -0.3 is 15.7 Å². The fourth-order valence-electron chi connectivity index (χ4n) is 2.54. The molecule has 2 amide bonds. The zero-order valence-corrected chi connectivity index (χ0v) is 12.0. The second kappa shape index (κ2) is 7.00. The third-order valence-electron chi connectivity index (χ3n) is 3.73. The topological polar surface area (TPSA) is 61.4 Å². The van der Waals surface area contributed by atoms with Gasteiger partial charge in [0.1, 0.15) is 0 Å². The average Bonchev–Trinajstić information content (AvgIpc) is 2.47. The summed E-state index contributed by atoms with van der Waals surface area (Å²) in [6.45, 7) is 0. The van der Waals surface area contributed by atoms with Crippen molar-refractivity contribution < 1.29 is 23.1 Å². The number of halogens is 3. The van der Waals surface area contributed by atoms with E-state index in [1.165, 1.54) is 18.6 Å². The van der Waals surface area contributed by atoms with Crippen molar-refractivity contribution in [2.45, 2.75) is 50.4 Å². The third-order valence-corrected chi connectivity index (χ3v) is 3.73. The first-order valence-corrected chi connectivity index (χ1v) is 7.28. The van der Waals surface area contributed by atoms with Gasteiger partial charge in [0.15, 0.2) is 6.10 Å². The first-order valence-electron chi connectivity index (χ1n) is 7.28. The summed E-state index contributed by atoms with van der Waals surface area (Å²) in [7, 11) is 0. The van der Waals surface area contributed by atoms with Crippen LogP contribution in [0.25, 0.3) is 0 Å². The lowest BCUT2D eigenvalue weighted by molar-refractivity contribution is -0.206. The van der Waals surface area contributed by atoms with E-state index in [0.717, 1.165) is 37.8 Å². The monoisotopic (exact) mass is 316 g/mol. The van der Waals surface area contributed by atoms with Gasteiger partial charge in [-0.25, -0.2) is 4.79 Å². The van der Waals surface area contributed by atoms with Crippen LogP contribution in [-0.4, -0.2) is 23.4 Å². The Morgan fingerprint density at radius 3 is 2.27 bits per heavy atom. The summed E-state index contributed by atoms with van der Waals surface area (Å²) >= 11 is 0. The molecule has 0 aromatic heterocycles. The molecule has 1 aliphatic carbocycles. The second-order valence-electron chi connectivity index (χ2n) is 5.50. The van der Waals surface area contributed by atoms with Gasteiger partial charge in [0.2, 0.25) is 0 Å². The standard InChI is InChI=1S/C15H19F3N2O2/c16-15(17,18)13(21)10-6-8-12(9-7-10)20-14(22)19-11-4-2-1-3-5-11/h6-9,11,13,21H,1-5H2,(H2,19,20,22). The smallest absolute Gasteiger partial charge is 0.379 e. The predicted molar refractivity (Wildman–Crippen MR) is 76.5 cm³/mol. The van der Waals surface area contributed by atoms with E-state index < -0.39 is 12.3 Å². The Morgan fingerprint density at radius 2 is 1.73 bits per heavy atom. The van der Waals surface area contributed by atoms with Gasteiger partial charge in [-0.3, -0.25) is 0 Å². The molecule has 1 unspecified atom stereocenters. The van der Waals surface area contributed by atoms with Crippen LogP contribution in [0, 0.1) is 0 Å². The zero-order chi connectivity index (χ0) is 16.2. The summed E-state index contributed by atoms with van der Waals surface area (Å²) in [5.41, 5.74) is 0.122. The second-order valence-corrected chi connectivity index (χ2v) is 5.50. The van der Waals surface area contributed by atoms with Gasteiger partial charge in [-0.15, -0.1) is 0 Å². The minimum Gasteiger partial charge on any atom is -0.379 e. The lowest BCUT2D eigenvalue weighted by Gasteiger charge is -2.23. The number of rotatable bonds is 3. The van der Waals surface area contributed by atoms with Gasteiger partial charge >= 0.3 is 12.2 Å². The number of aliphatic hydroxyl groups excluding tert-OH is 1. The number of nitrogens with one attached hydrogen (secondary N) is 2. The minimum absolute atomic E-state index is 0.153. The van der Waals surface area contributed by atoms with Crippen molar-refractivity contribution in [3.05, 3.63) is 29.8 Å². The molecule has 1 fully saturated rings. The molecule has 1 aromatic carbocycles. The number of urea groups is 1. The first-order chi connectivity index (χ1) is 10.4. The molecular weight excluding hydrogens is 297 g/mol. The van der Waals surface area contributed by atoms with E-state index in [0.29, 0.717) is 5.69 Å². The molecular formula is C15H19F3N2O2. The molecule has 0 spiro atoms. The van der Waals surface area contributed by atoms with Crippen LogP contribution < -0.4 is 10.6 Å². The van der Waals surface area contributed by atoms with Gasteiger partial charge in [-0.1, -0.05) is 31.4 Å². The summed E-state index contributed by atoms with van der Waals surface area (Å²) in [6.07, 6.45) is -1.95. The number of anilines is 1. The number of hydrogen-bond acceptors (Lipinski definition) is 2. The molecule has 7 heteroatoms. The number of alkyl halides is 3.